The zero-order valence-electron chi connectivity index (χ0n) is 9.31. The molecular formula is C11H17Br2NS. The highest BCUT2D eigenvalue weighted by atomic mass is 79.9. The van der Waals surface area contributed by atoms with Gasteiger partial charge >= 0.3 is 0 Å². The molecule has 0 amide bonds. The Hall–Kier alpha value is 0.620. The second-order valence-electron chi connectivity index (χ2n) is 4.25. The summed E-state index contributed by atoms with van der Waals surface area (Å²) in [7, 11) is 0. The van der Waals surface area contributed by atoms with Gasteiger partial charge in [0.25, 0.3) is 0 Å². The zero-order chi connectivity index (χ0) is 11.4. The van der Waals surface area contributed by atoms with Gasteiger partial charge in [-0.3, -0.25) is 0 Å². The highest BCUT2D eigenvalue weighted by Crippen LogP contribution is 2.32. The molecule has 0 radical (unpaired) electrons. The van der Waals surface area contributed by atoms with E-state index >= 15 is 0 Å². The molecule has 1 heterocycles. The van der Waals surface area contributed by atoms with Crippen molar-refractivity contribution in [2.75, 3.05) is 0 Å². The predicted octanol–water partition coefficient (Wildman–Crippen LogP) is 4.80. The van der Waals surface area contributed by atoms with Crippen LogP contribution in [0.15, 0.2) is 14.3 Å². The van der Waals surface area contributed by atoms with Crippen molar-refractivity contribution in [1.82, 2.24) is 5.32 Å². The topological polar surface area (TPSA) is 12.0 Å². The predicted molar refractivity (Wildman–Crippen MR) is 75.5 cm³/mol. The molecule has 1 atom stereocenters. The summed E-state index contributed by atoms with van der Waals surface area (Å²) >= 11 is 8.79. The summed E-state index contributed by atoms with van der Waals surface area (Å²) in [5, 5.41) is 3.54. The highest BCUT2D eigenvalue weighted by Gasteiger charge is 2.07. The molecule has 1 nitrogen and oxygen atoms in total. The van der Waals surface area contributed by atoms with Gasteiger partial charge in [-0.05, 0) is 57.2 Å². The Morgan fingerprint density at radius 1 is 1.33 bits per heavy atom. The minimum absolute atomic E-state index is 0.588. The van der Waals surface area contributed by atoms with Crippen molar-refractivity contribution in [3.05, 3.63) is 19.2 Å². The van der Waals surface area contributed by atoms with E-state index in [4.69, 9.17) is 0 Å². The van der Waals surface area contributed by atoms with Crippen LogP contribution in [0.4, 0.5) is 0 Å². The molecule has 0 saturated carbocycles. The van der Waals surface area contributed by atoms with Crippen molar-refractivity contribution in [1.29, 1.82) is 0 Å². The number of nitrogens with one attached hydrogen (secondary N) is 1. The lowest BCUT2D eigenvalue weighted by Crippen LogP contribution is -2.26. The molecule has 0 aliphatic carbocycles. The molecule has 4 heteroatoms. The number of halogens is 2. The third-order valence-electron chi connectivity index (χ3n) is 2.15. The summed E-state index contributed by atoms with van der Waals surface area (Å²) in [5.74, 6) is 0.759. The molecule has 0 aliphatic heterocycles. The van der Waals surface area contributed by atoms with E-state index in [0.29, 0.717) is 6.04 Å². The molecular weight excluding hydrogens is 338 g/mol. The fourth-order valence-electron chi connectivity index (χ4n) is 1.54. The van der Waals surface area contributed by atoms with Crippen LogP contribution in [0.2, 0.25) is 0 Å². The first-order valence-electron chi connectivity index (χ1n) is 5.16. The second-order valence-corrected chi connectivity index (χ2v) is 7.55. The summed E-state index contributed by atoms with van der Waals surface area (Å²) in [6.07, 6.45) is 1.23. The first-order chi connectivity index (χ1) is 6.99. The van der Waals surface area contributed by atoms with Crippen LogP contribution < -0.4 is 5.32 Å². The van der Waals surface area contributed by atoms with Crippen LogP contribution >= 0.6 is 43.2 Å². The summed E-state index contributed by atoms with van der Waals surface area (Å²) < 4.78 is 2.33. The Bertz CT molecular complexity index is 290. The first kappa shape index (κ1) is 13.7. The van der Waals surface area contributed by atoms with E-state index in [1.54, 1.807) is 11.3 Å². The third kappa shape index (κ3) is 4.98. The summed E-state index contributed by atoms with van der Waals surface area (Å²) in [6, 6.07) is 2.76. The number of hydrogen-bond acceptors (Lipinski definition) is 2. The van der Waals surface area contributed by atoms with E-state index in [-0.39, 0.29) is 0 Å². The Labute approximate surface area is 113 Å². The summed E-state index contributed by atoms with van der Waals surface area (Å²) in [6.45, 7) is 7.73. The Kier molecular flexibility index (Phi) is 5.82. The maximum atomic E-state index is 3.54. The largest absolute Gasteiger partial charge is 0.309 e. The van der Waals surface area contributed by atoms with Crippen molar-refractivity contribution in [3.63, 3.8) is 0 Å². The molecule has 1 unspecified atom stereocenters. The molecule has 1 aromatic heterocycles. The first-order valence-corrected chi connectivity index (χ1v) is 7.56. The van der Waals surface area contributed by atoms with Crippen molar-refractivity contribution in [3.8, 4) is 0 Å². The number of hydrogen-bond donors (Lipinski definition) is 1. The maximum Gasteiger partial charge on any atom is 0.0843 e. The average Bonchev–Trinajstić information content (AvgIpc) is 2.42. The molecule has 1 aromatic rings. The monoisotopic (exact) mass is 353 g/mol. The van der Waals surface area contributed by atoms with Gasteiger partial charge in [0.1, 0.15) is 0 Å². The quantitative estimate of drug-likeness (QED) is 0.800. The Morgan fingerprint density at radius 3 is 2.47 bits per heavy atom. The average molecular weight is 355 g/mol. The van der Waals surface area contributed by atoms with Gasteiger partial charge in [0.05, 0.1) is 3.79 Å². The zero-order valence-corrected chi connectivity index (χ0v) is 13.3. The second kappa shape index (κ2) is 6.38. The van der Waals surface area contributed by atoms with E-state index in [2.05, 4.69) is 64.0 Å². The van der Waals surface area contributed by atoms with Gasteiger partial charge in [-0.2, -0.15) is 0 Å². The van der Waals surface area contributed by atoms with E-state index in [1.165, 1.54) is 15.1 Å². The minimum atomic E-state index is 0.588. The molecule has 0 spiro atoms. The van der Waals surface area contributed by atoms with Gasteiger partial charge in [-0.1, -0.05) is 13.8 Å². The van der Waals surface area contributed by atoms with Gasteiger partial charge in [0.2, 0.25) is 0 Å². The van der Waals surface area contributed by atoms with Crippen LogP contribution in [-0.4, -0.2) is 6.04 Å². The van der Waals surface area contributed by atoms with Crippen molar-refractivity contribution < 1.29 is 0 Å². The SMILES string of the molecule is CC(C)CC(C)NCc1cc(Br)c(Br)s1. The molecule has 0 fully saturated rings. The van der Waals surface area contributed by atoms with Gasteiger partial charge in [0.15, 0.2) is 0 Å². The molecule has 0 aromatic carbocycles. The molecule has 0 saturated heterocycles. The molecule has 1 rings (SSSR count). The van der Waals surface area contributed by atoms with E-state index in [0.717, 1.165) is 16.9 Å². The fraction of sp³-hybridized carbons (Fsp3) is 0.636. The highest BCUT2D eigenvalue weighted by molar-refractivity contribution is 9.13. The molecule has 1 N–H and O–H groups in total. The smallest absolute Gasteiger partial charge is 0.0843 e. The fourth-order valence-corrected chi connectivity index (χ4v) is 3.67. The van der Waals surface area contributed by atoms with Crippen LogP contribution in [0, 0.1) is 5.92 Å². The lowest BCUT2D eigenvalue weighted by atomic mass is 10.1. The van der Waals surface area contributed by atoms with Crippen molar-refractivity contribution >= 4 is 43.2 Å². The standard InChI is InChI=1S/C11H17Br2NS/c1-7(2)4-8(3)14-6-9-5-10(12)11(13)15-9/h5,7-8,14H,4,6H2,1-3H3. The van der Waals surface area contributed by atoms with Gasteiger partial charge in [0, 0.05) is 21.9 Å². The van der Waals surface area contributed by atoms with E-state index < -0.39 is 0 Å². The van der Waals surface area contributed by atoms with Gasteiger partial charge in [-0.25, -0.2) is 0 Å². The third-order valence-corrected chi connectivity index (χ3v) is 5.40. The van der Waals surface area contributed by atoms with E-state index in [1.807, 2.05) is 0 Å². The van der Waals surface area contributed by atoms with Crippen LogP contribution in [-0.2, 0) is 6.54 Å². The lowest BCUT2D eigenvalue weighted by molar-refractivity contribution is 0.443. The minimum Gasteiger partial charge on any atom is -0.309 e. The molecule has 0 aliphatic rings. The molecule has 0 bridgehead atoms. The van der Waals surface area contributed by atoms with Gasteiger partial charge in [-0.15, -0.1) is 11.3 Å². The summed E-state index contributed by atoms with van der Waals surface area (Å²) in [5.41, 5.74) is 0. The Balaban J connectivity index is 2.36. The van der Waals surface area contributed by atoms with Crippen LogP contribution in [0.1, 0.15) is 32.1 Å². The normalized spacial score (nSPS) is 13.5. The van der Waals surface area contributed by atoms with E-state index in [9.17, 15) is 0 Å². The molecule has 15 heavy (non-hydrogen) atoms. The Morgan fingerprint density at radius 2 is 2.00 bits per heavy atom. The lowest BCUT2D eigenvalue weighted by Gasteiger charge is -2.14. The number of rotatable bonds is 5. The van der Waals surface area contributed by atoms with Crippen LogP contribution in [0.25, 0.3) is 0 Å². The summed E-state index contributed by atoms with van der Waals surface area (Å²) in [4.78, 5) is 1.37. The van der Waals surface area contributed by atoms with Gasteiger partial charge < -0.3 is 5.32 Å². The molecule has 86 valence electrons. The number of thiophene rings is 1. The van der Waals surface area contributed by atoms with Crippen LogP contribution in [0.5, 0.6) is 0 Å². The van der Waals surface area contributed by atoms with Crippen LogP contribution in [0.3, 0.4) is 0 Å². The van der Waals surface area contributed by atoms with Crippen molar-refractivity contribution in [2.24, 2.45) is 5.92 Å². The maximum absolute atomic E-state index is 3.54. The van der Waals surface area contributed by atoms with Crippen molar-refractivity contribution in [2.45, 2.75) is 39.8 Å².